The summed E-state index contributed by atoms with van der Waals surface area (Å²) in [6, 6.07) is 14.1. The SMILES string of the molecule is CCNC(c1ccc(OC)c(Br)c1)c1ccccc1Cl. The first kappa shape index (κ1) is 15.4. The van der Waals surface area contributed by atoms with Gasteiger partial charge in [-0.3, -0.25) is 0 Å². The monoisotopic (exact) mass is 353 g/mol. The summed E-state index contributed by atoms with van der Waals surface area (Å²) in [7, 11) is 1.66. The van der Waals surface area contributed by atoms with E-state index < -0.39 is 0 Å². The molecule has 2 aromatic rings. The highest BCUT2D eigenvalue weighted by atomic mass is 79.9. The van der Waals surface area contributed by atoms with Crippen LogP contribution >= 0.6 is 27.5 Å². The fourth-order valence-corrected chi connectivity index (χ4v) is 2.99. The number of hydrogen-bond donors (Lipinski definition) is 1. The van der Waals surface area contributed by atoms with E-state index in [1.807, 2.05) is 30.3 Å². The molecule has 0 radical (unpaired) electrons. The third kappa shape index (κ3) is 3.35. The van der Waals surface area contributed by atoms with Crippen LogP contribution in [-0.2, 0) is 0 Å². The molecule has 0 aromatic heterocycles. The summed E-state index contributed by atoms with van der Waals surface area (Å²) in [6.45, 7) is 2.95. The first-order valence-corrected chi connectivity index (χ1v) is 7.65. The summed E-state index contributed by atoms with van der Waals surface area (Å²) in [4.78, 5) is 0. The van der Waals surface area contributed by atoms with Gasteiger partial charge < -0.3 is 10.1 Å². The van der Waals surface area contributed by atoms with E-state index in [0.29, 0.717) is 0 Å². The maximum Gasteiger partial charge on any atom is 0.133 e. The van der Waals surface area contributed by atoms with Gasteiger partial charge in [0.25, 0.3) is 0 Å². The Hall–Kier alpha value is -1.03. The number of rotatable bonds is 5. The van der Waals surface area contributed by atoms with E-state index in [-0.39, 0.29) is 6.04 Å². The standard InChI is InChI=1S/C16H17BrClNO/c1-3-19-16(12-6-4-5-7-14(12)18)11-8-9-15(20-2)13(17)10-11/h4-10,16,19H,3H2,1-2H3. The number of methoxy groups -OCH3 is 1. The quantitative estimate of drug-likeness (QED) is 0.832. The van der Waals surface area contributed by atoms with E-state index in [1.54, 1.807) is 7.11 Å². The van der Waals surface area contributed by atoms with Crippen molar-refractivity contribution in [2.24, 2.45) is 0 Å². The molecular weight excluding hydrogens is 338 g/mol. The Labute approximate surface area is 133 Å². The normalized spacial score (nSPS) is 12.2. The second kappa shape index (κ2) is 7.11. The molecule has 4 heteroatoms. The third-order valence-corrected chi connectivity index (χ3v) is 4.10. The lowest BCUT2D eigenvalue weighted by atomic mass is 9.98. The van der Waals surface area contributed by atoms with Crippen molar-refractivity contribution in [1.29, 1.82) is 0 Å². The van der Waals surface area contributed by atoms with E-state index in [4.69, 9.17) is 16.3 Å². The third-order valence-electron chi connectivity index (χ3n) is 3.13. The highest BCUT2D eigenvalue weighted by Gasteiger charge is 2.16. The van der Waals surface area contributed by atoms with E-state index in [0.717, 1.165) is 32.9 Å². The fourth-order valence-electron chi connectivity index (χ4n) is 2.18. The molecule has 2 rings (SSSR count). The molecule has 2 aromatic carbocycles. The van der Waals surface area contributed by atoms with Crippen molar-refractivity contribution in [3.63, 3.8) is 0 Å². The molecule has 1 atom stereocenters. The lowest BCUT2D eigenvalue weighted by molar-refractivity contribution is 0.412. The Morgan fingerprint density at radius 3 is 2.60 bits per heavy atom. The van der Waals surface area contributed by atoms with Gasteiger partial charge in [-0.25, -0.2) is 0 Å². The largest absolute Gasteiger partial charge is 0.496 e. The minimum atomic E-state index is 0.0657. The number of benzene rings is 2. The molecule has 106 valence electrons. The molecule has 0 amide bonds. The Morgan fingerprint density at radius 1 is 1.25 bits per heavy atom. The zero-order valence-electron chi connectivity index (χ0n) is 11.5. The van der Waals surface area contributed by atoms with Gasteiger partial charge in [-0.05, 0) is 51.8 Å². The smallest absolute Gasteiger partial charge is 0.133 e. The zero-order valence-corrected chi connectivity index (χ0v) is 13.8. The highest BCUT2D eigenvalue weighted by molar-refractivity contribution is 9.10. The van der Waals surface area contributed by atoms with E-state index in [9.17, 15) is 0 Å². The Balaban J connectivity index is 2.43. The molecule has 0 bridgehead atoms. The van der Waals surface area contributed by atoms with E-state index in [1.165, 1.54) is 0 Å². The van der Waals surface area contributed by atoms with Gasteiger partial charge in [-0.15, -0.1) is 0 Å². The van der Waals surface area contributed by atoms with Crippen LogP contribution in [0.1, 0.15) is 24.1 Å². The first-order valence-electron chi connectivity index (χ1n) is 6.48. The summed E-state index contributed by atoms with van der Waals surface area (Å²) in [5, 5.41) is 4.24. The Morgan fingerprint density at radius 2 is 2.00 bits per heavy atom. The number of ether oxygens (including phenoxy) is 1. The Bertz CT molecular complexity index is 588. The number of halogens is 2. The highest BCUT2D eigenvalue weighted by Crippen LogP contribution is 2.33. The molecular formula is C16H17BrClNO. The van der Waals surface area contributed by atoms with Crippen molar-refractivity contribution in [3.8, 4) is 5.75 Å². The summed E-state index contributed by atoms with van der Waals surface area (Å²) < 4.78 is 6.21. The molecule has 0 aliphatic heterocycles. The molecule has 0 aliphatic rings. The molecule has 1 N–H and O–H groups in total. The summed E-state index contributed by atoms with van der Waals surface area (Å²) >= 11 is 9.86. The molecule has 0 aliphatic carbocycles. The summed E-state index contributed by atoms with van der Waals surface area (Å²) in [5.41, 5.74) is 2.22. The van der Waals surface area contributed by atoms with Gasteiger partial charge in [-0.2, -0.15) is 0 Å². The van der Waals surface area contributed by atoms with Gasteiger partial charge >= 0.3 is 0 Å². The van der Waals surface area contributed by atoms with Crippen LogP contribution in [0.15, 0.2) is 46.9 Å². The molecule has 0 saturated carbocycles. The molecule has 1 unspecified atom stereocenters. The van der Waals surface area contributed by atoms with Crippen molar-refractivity contribution >= 4 is 27.5 Å². The average molecular weight is 355 g/mol. The van der Waals surface area contributed by atoms with Crippen LogP contribution in [0.3, 0.4) is 0 Å². The molecule has 2 nitrogen and oxygen atoms in total. The van der Waals surface area contributed by atoms with Crippen molar-refractivity contribution in [3.05, 3.63) is 63.1 Å². The summed E-state index contributed by atoms with van der Waals surface area (Å²) in [5.74, 6) is 0.822. The van der Waals surface area contributed by atoms with Gasteiger partial charge in [0.15, 0.2) is 0 Å². The molecule has 0 saturated heterocycles. The van der Waals surface area contributed by atoms with Gasteiger partial charge in [0.1, 0.15) is 5.75 Å². The van der Waals surface area contributed by atoms with Crippen molar-refractivity contribution < 1.29 is 4.74 Å². The van der Waals surface area contributed by atoms with Gasteiger partial charge in [0, 0.05) is 5.02 Å². The Kier molecular flexibility index (Phi) is 5.46. The predicted molar refractivity (Wildman–Crippen MR) is 87.7 cm³/mol. The van der Waals surface area contributed by atoms with Crippen LogP contribution in [0.4, 0.5) is 0 Å². The average Bonchev–Trinajstić information content (AvgIpc) is 2.46. The van der Waals surface area contributed by atoms with Crippen molar-refractivity contribution in [2.45, 2.75) is 13.0 Å². The van der Waals surface area contributed by atoms with E-state index in [2.05, 4.69) is 40.3 Å². The van der Waals surface area contributed by atoms with E-state index >= 15 is 0 Å². The topological polar surface area (TPSA) is 21.3 Å². The van der Waals surface area contributed by atoms with Gasteiger partial charge in [0.2, 0.25) is 0 Å². The van der Waals surface area contributed by atoms with Gasteiger partial charge in [-0.1, -0.05) is 42.8 Å². The van der Waals surface area contributed by atoms with Crippen LogP contribution in [0.25, 0.3) is 0 Å². The van der Waals surface area contributed by atoms with Crippen LogP contribution in [-0.4, -0.2) is 13.7 Å². The fraction of sp³-hybridized carbons (Fsp3) is 0.250. The van der Waals surface area contributed by atoms with Crippen LogP contribution in [0, 0.1) is 0 Å². The second-order valence-corrected chi connectivity index (χ2v) is 5.67. The molecule has 0 fully saturated rings. The molecule has 20 heavy (non-hydrogen) atoms. The number of hydrogen-bond acceptors (Lipinski definition) is 2. The van der Waals surface area contributed by atoms with Crippen molar-refractivity contribution in [2.75, 3.05) is 13.7 Å². The molecule has 0 heterocycles. The predicted octanol–water partition coefficient (Wildman–Crippen LogP) is 4.81. The number of nitrogens with one attached hydrogen (secondary N) is 1. The lowest BCUT2D eigenvalue weighted by Gasteiger charge is -2.21. The van der Waals surface area contributed by atoms with Crippen LogP contribution in [0.5, 0.6) is 5.75 Å². The minimum absolute atomic E-state index is 0.0657. The maximum atomic E-state index is 6.33. The minimum Gasteiger partial charge on any atom is -0.496 e. The molecule has 0 spiro atoms. The van der Waals surface area contributed by atoms with Crippen molar-refractivity contribution in [1.82, 2.24) is 5.32 Å². The maximum absolute atomic E-state index is 6.33. The second-order valence-electron chi connectivity index (χ2n) is 4.41. The lowest BCUT2D eigenvalue weighted by Crippen LogP contribution is -2.22. The van der Waals surface area contributed by atoms with Crippen LogP contribution < -0.4 is 10.1 Å². The zero-order chi connectivity index (χ0) is 14.5. The summed E-state index contributed by atoms with van der Waals surface area (Å²) in [6.07, 6.45) is 0. The first-order chi connectivity index (χ1) is 9.67. The van der Waals surface area contributed by atoms with Crippen LogP contribution in [0.2, 0.25) is 5.02 Å². The van der Waals surface area contributed by atoms with Gasteiger partial charge in [0.05, 0.1) is 17.6 Å².